The highest BCUT2D eigenvalue weighted by Gasteiger charge is 2.33. The Balaban J connectivity index is 2.30. The maximum atomic E-state index is 11.0. The minimum atomic E-state index is -0.364. The quantitative estimate of drug-likeness (QED) is 0.570. The molecule has 0 unspecified atom stereocenters. The number of rotatable bonds is 2. The SMILES string of the molecule is C[C@H]1CN(c2[nH+]cccc2[N+](=O)[O-])C[C@H](C)O1. The number of ether oxygens (including phenoxy) is 1. The third kappa shape index (κ3) is 2.52. The Hall–Kier alpha value is -1.69. The van der Waals surface area contributed by atoms with Crippen molar-refractivity contribution in [3.05, 3.63) is 28.4 Å². The van der Waals surface area contributed by atoms with Crippen LogP contribution in [0.3, 0.4) is 0 Å². The van der Waals surface area contributed by atoms with Crippen LogP contribution in [0.25, 0.3) is 0 Å². The van der Waals surface area contributed by atoms with Crippen molar-refractivity contribution >= 4 is 11.5 Å². The summed E-state index contributed by atoms with van der Waals surface area (Å²) in [6, 6.07) is 3.14. The third-order valence-corrected chi connectivity index (χ3v) is 2.75. The van der Waals surface area contributed by atoms with Gasteiger partial charge in [-0.15, -0.1) is 0 Å². The molecular weight excluding hydrogens is 222 g/mol. The lowest BCUT2D eigenvalue weighted by Gasteiger charge is -2.30. The predicted molar refractivity (Wildman–Crippen MR) is 61.9 cm³/mol. The van der Waals surface area contributed by atoms with Crippen molar-refractivity contribution in [1.82, 2.24) is 0 Å². The van der Waals surface area contributed by atoms with Crippen LogP contribution in [0.5, 0.6) is 0 Å². The first-order chi connectivity index (χ1) is 8.08. The summed E-state index contributed by atoms with van der Waals surface area (Å²) in [4.78, 5) is 15.5. The summed E-state index contributed by atoms with van der Waals surface area (Å²) in [5.41, 5.74) is 0.105. The summed E-state index contributed by atoms with van der Waals surface area (Å²) in [6.45, 7) is 5.26. The Bertz CT molecular complexity index is 414. The molecule has 1 aromatic rings. The molecule has 1 saturated heterocycles. The lowest BCUT2D eigenvalue weighted by molar-refractivity contribution is -0.411. The molecule has 1 aliphatic heterocycles. The van der Waals surface area contributed by atoms with Gasteiger partial charge in [0, 0.05) is 6.07 Å². The average molecular weight is 238 g/mol. The minimum absolute atomic E-state index is 0.0759. The maximum Gasteiger partial charge on any atom is 0.357 e. The Kier molecular flexibility index (Phi) is 3.23. The number of hydrogen-bond acceptors (Lipinski definition) is 4. The zero-order chi connectivity index (χ0) is 12.4. The molecule has 1 aliphatic rings. The fourth-order valence-electron chi connectivity index (χ4n) is 2.18. The Labute approximate surface area is 99.4 Å². The summed E-state index contributed by atoms with van der Waals surface area (Å²) in [5.74, 6) is 0.555. The van der Waals surface area contributed by atoms with Gasteiger partial charge in [0.1, 0.15) is 13.1 Å². The molecule has 0 aliphatic carbocycles. The normalized spacial score (nSPS) is 24.7. The van der Waals surface area contributed by atoms with Gasteiger partial charge in [-0.3, -0.25) is 15.0 Å². The molecule has 0 amide bonds. The summed E-state index contributed by atoms with van der Waals surface area (Å²) < 4.78 is 5.61. The molecule has 17 heavy (non-hydrogen) atoms. The van der Waals surface area contributed by atoms with E-state index in [1.165, 1.54) is 6.07 Å². The molecule has 0 aromatic carbocycles. The van der Waals surface area contributed by atoms with Crippen LogP contribution in [-0.4, -0.2) is 30.2 Å². The number of H-pyrrole nitrogens is 1. The van der Waals surface area contributed by atoms with E-state index in [9.17, 15) is 10.1 Å². The number of anilines is 1. The first kappa shape index (κ1) is 11.8. The average Bonchev–Trinajstić information content (AvgIpc) is 2.27. The first-order valence-corrected chi connectivity index (χ1v) is 5.63. The van der Waals surface area contributed by atoms with E-state index in [1.54, 1.807) is 12.3 Å². The van der Waals surface area contributed by atoms with Gasteiger partial charge in [-0.25, -0.2) is 4.98 Å². The Morgan fingerprint density at radius 3 is 2.71 bits per heavy atom. The fourth-order valence-corrected chi connectivity index (χ4v) is 2.18. The molecule has 6 nitrogen and oxygen atoms in total. The molecule has 2 heterocycles. The number of morpholine rings is 1. The van der Waals surface area contributed by atoms with Crippen molar-refractivity contribution in [2.24, 2.45) is 0 Å². The van der Waals surface area contributed by atoms with E-state index in [4.69, 9.17) is 4.74 Å². The van der Waals surface area contributed by atoms with Crippen LogP contribution in [-0.2, 0) is 4.74 Å². The van der Waals surface area contributed by atoms with E-state index >= 15 is 0 Å². The van der Waals surface area contributed by atoms with Crippen LogP contribution in [0, 0.1) is 10.1 Å². The molecule has 0 bridgehead atoms. The number of aromatic amines is 1. The molecular formula is C11H16N3O3+. The number of nitrogens with one attached hydrogen (secondary N) is 1. The molecule has 0 saturated carbocycles. The molecule has 1 aromatic heterocycles. The number of pyridine rings is 1. The number of hydrogen-bond donors (Lipinski definition) is 0. The van der Waals surface area contributed by atoms with Crippen LogP contribution in [0.2, 0.25) is 0 Å². The summed E-state index contributed by atoms with van der Waals surface area (Å²) in [6.07, 6.45) is 1.85. The molecule has 0 spiro atoms. The van der Waals surface area contributed by atoms with Gasteiger partial charge >= 0.3 is 11.5 Å². The standard InChI is InChI=1S/C11H15N3O3/c1-8-6-13(7-9(2)17-8)11-10(14(15)16)4-3-5-12-11/h3-5,8-9H,6-7H2,1-2H3/p+1/t8-,9-/m0/s1. The van der Waals surface area contributed by atoms with E-state index in [2.05, 4.69) is 4.98 Å². The molecule has 2 rings (SSSR count). The van der Waals surface area contributed by atoms with E-state index in [1.807, 2.05) is 18.7 Å². The van der Waals surface area contributed by atoms with Crippen molar-refractivity contribution in [3.63, 3.8) is 0 Å². The monoisotopic (exact) mass is 238 g/mol. The van der Waals surface area contributed by atoms with Gasteiger partial charge in [0.05, 0.1) is 23.3 Å². The molecule has 92 valence electrons. The molecule has 0 radical (unpaired) electrons. The molecule has 6 heteroatoms. The second-order valence-corrected chi connectivity index (χ2v) is 4.32. The van der Waals surface area contributed by atoms with Crippen molar-refractivity contribution < 1.29 is 14.6 Å². The highest BCUT2D eigenvalue weighted by atomic mass is 16.6. The summed E-state index contributed by atoms with van der Waals surface area (Å²) in [7, 11) is 0. The van der Waals surface area contributed by atoms with Crippen molar-refractivity contribution in [2.75, 3.05) is 18.0 Å². The molecule has 1 fully saturated rings. The smallest absolute Gasteiger partial charge is 0.357 e. The highest BCUT2D eigenvalue weighted by molar-refractivity contribution is 5.53. The highest BCUT2D eigenvalue weighted by Crippen LogP contribution is 2.25. The van der Waals surface area contributed by atoms with Gasteiger partial charge < -0.3 is 4.74 Å². The second-order valence-electron chi connectivity index (χ2n) is 4.32. The van der Waals surface area contributed by atoms with Crippen LogP contribution in [0.4, 0.5) is 11.5 Å². The van der Waals surface area contributed by atoms with Gasteiger partial charge in [-0.05, 0) is 19.9 Å². The van der Waals surface area contributed by atoms with Crippen LogP contribution < -0.4 is 9.88 Å². The first-order valence-electron chi connectivity index (χ1n) is 5.63. The largest absolute Gasteiger partial charge is 0.367 e. The minimum Gasteiger partial charge on any atom is -0.367 e. The van der Waals surface area contributed by atoms with Gasteiger partial charge in [0.25, 0.3) is 0 Å². The Morgan fingerprint density at radius 1 is 1.47 bits per heavy atom. The second kappa shape index (κ2) is 4.67. The topological polar surface area (TPSA) is 69.8 Å². The van der Waals surface area contributed by atoms with Crippen molar-refractivity contribution in [1.29, 1.82) is 0 Å². The van der Waals surface area contributed by atoms with E-state index in [0.29, 0.717) is 18.9 Å². The lowest BCUT2D eigenvalue weighted by atomic mass is 10.2. The third-order valence-electron chi connectivity index (χ3n) is 2.75. The van der Waals surface area contributed by atoms with Gasteiger partial charge in [-0.1, -0.05) is 0 Å². The fraction of sp³-hybridized carbons (Fsp3) is 0.545. The number of nitrogens with zero attached hydrogens (tertiary/aromatic N) is 2. The zero-order valence-electron chi connectivity index (χ0n) is 9.92. The zero-order valence-corrected chi connectivity index (χ0v) is 9.92. The molecule has 2 atom stereocenters. The van der Waals surface area contributed by atoms with Crippen LogP contribution in [0.1, 0.15) is 13.8 Å². The van der Waals surface area contributed by atoms with Crippen LogP contribution >= 0.6 is 0 Å². The summed E-state index contributed by atoms with van der Waals surface area (Å²) in [5, 5.41) is 11.0. The maximum absolute atomic E-state index is 11.0. The van der Waals surface area contributed by atoms with Gasteiger partial charge in [0.15, 0.2) is 0 Å². The van der Waals surface area contributed by atoms with E-state index in [-0.39, 0.29) is 22.8 Å². The molecule has 1 N–H and O–H groups in total. The number of aromatic nitrogens is 1. The predicted octanol–water partition coefficient (Wildman–Crippen LogP) is 1.02. The van der Waals surface area contributed by atoms with E-state index in [0.717, 1.165) is 0 Å². The van der Waals surface area contributed by atoms with Gasteiger partial charge in [0.2, 0.25) is 0 Å². The summed E-state index contributed by atoms with van der Waals surface area (Å²) >= 11 is 0. The van der Waals surface area contributed by atoms with Crippen LogP contribution in [0.15, 0.2) is 18.3 Å². The van der Waals surface area contributed by atoms with Crippen molar-refractivity contribution in [3.8, 4) is 0 Å². The Morgan fingerprint density at radius 2 is 2.12 bits per heavy atom. The van der Waals surface area contributed by atoms with E-state index < -0.39 is 0 Å². The van der Waals surface area contributed by atoms with Gasteiger partial charge in [-0.2, -0.15) is 0 Å². The number of nitro groups is 1. The van der Waals surface area contributed by atoms with Crippen molar-refractivity contribution in [2.45, 2.75) is 26.1 Å². The lowest BCUT2D eigenvalue weighted by Crippen LogP contribution is -2.47.